The third kappa shape index (κ3) is 3.83. The van der Waals surface area contributed by atoms with Crippen molar-refractivity contribution in [2.24, 2.45) is 5.10 Å². The molecule has 0 atom stereocenters. The van der Waals surface area contributed by atoms with Crippen LogP contribution in [-0.2, 0) is 11.2 Å². The summed E-state index contributed by atoms with van der Waals surface area (Å²) in [6.07, 6.45) is 1.81. The molecule has 1 aromatic carbocycles. The van der Waals surface area contributed by atoms with Gasteiger partial charge in [0.1, 0.15) is 0 Å². The molecule has 0 fully saturated rings. The van der Waals surface area contributed by atoms with Crippen LogP contribution in [0.5, 0.6) is 11.5 Å². The fourth-order valence-corrected chi connectivity index (χ4v) is 2.27. The molecule has 1 amide bonds. The number of rotatable bonds is 5. The summed E-state index contributed by atoms with van der Waals surface area (Å²) in [6.45, 7) is 0. The van der Waals surface area contributed by atoms with Crippen molar-refractivity contribution >= 4 is 23.5 Å². The van der Waals surface area contributed by atoms with Crippen molar-refractivity contribution < 1.29 is 14.6 Å². The van der Waals surface area contributed by atoms with Crippen LogP contribution in [0, 0.1) is 0 Å². The van der Waals surface area contributed by atoms with Crippen LogP contribution >= 0.6 is 11.3 Å². The third-order valence-corrected chi connectivity index (χ3v) is 3.40. The lowest BCUT2D eigenvalue weighted by molar-refractivity contribution is -0.120. The predicted octanol–water partition coefficient (Wildman–Crippen LogP) is 2.16. The number of amides is 1. The quantitative estimate of drug-likeness (QED) is 0.655. The van der Waals surface area contributed by atoms with E-state index in [1.54, 1.807) is 12.1 Å². The molecule has 20 heavy (non-hydrogen) atoms. The maximum Gasteiger partial charge on any atom is 0.245 e. The number of hydrazone groups is 1. The average molecular weight is 290 g/mol. The third-order valence-electron chi connectivity index (χ3n) is 2.52. The number of phenolic OH excluding ortho intramolecular Hbond substituents is 1. The maximum atomic E-state index is 11.6. The van der Waals surface area contributed by atoms with Crippen LogP contribution in [0.15, 0.2) is 40.8 Å². The summed E-state index contributed by atoms with van der Waals surface area (Å²) < 4.78 is 4.99. The molecule has 0 aliphatic heterocycles. The van der Waals surface area contributed by atoms with E-state index in [4.69, 9.17) is 4.74 Å². The fourth-order valence-electron chi connectivity index (χ4n) is 1.56. The van der Waals surface area contributed by atoms with E-state index >= 15 is 0 Å². The van der Waals surface area contributed by atoms with Crippen molar-refractivity contribution in [3.8, 4) is 11.5 Å². The Kier molecular flexibility index (Phi) is 4.73. The lowest BCUT2D eigenvalue weighted by Crippen LogP contribution is -2.19. The number of carbonyl (C=O) groups excluding carboxylic acids is 1. The van der Waals surface area contributed by atoms with E-state index in [0.29, 0.717) is 12.2 Å². The number of aromatic hydroxyl groups is 1. The second kappa shape index (κ2) is 6.72. The molecule has 104 valence electrons. The number of thiophene rings is 1. The van der Waals surface area contributed by atoms with Gasteiger partial charge in [0.25, 0.3) is 0 Å². The van der Waals surface area contributed by atoms with Gasteiger partial charge in [-0.2, -0.15) is 5.10 Å². The molecule has 2 aromatic rings. The van der Waals surface area contributed by atoms with Gasteiger partial charge in [0.2, 0.25) is 5.91 Å². The predicted molar refractivity (Wildman–Crippen MR) is 78.4 cm³/mol. The molecule has 1 aromatic heterocycles. The van der Waals surface area contributed by atoms with Crippen molar-refractivity contribution in [3.05, 3.63) is 46.2 Å². The maximum absolute atomic E-state index is 11.6. The van der Waals surface area contributed by atoms with Gasteiger partial charge in [-0.05, 0) is 35.2 Å². The minimum atomic E-state index is -0.172. The number of phenols is 1. The molecule has 2 rings (SSSR count). The summed E-state index contributed by atoms with van der Waals surface area (Å²) in [6, 6.07) is 8.61. The van der Waals surface area contributed by atoms with E-state index in [1.165, 1.54) is 30.7 Å². The van der Waals surface area contributed by atoms with Crippen molar-refractivity contribution in [1.29, 1.82) is 0 Å². The van der Waals surface area contributed by atoms with E-state index in [1.807, 2.05) is 17.5 Å². The first-order chi connectivity index (χ1) is 9.69. The number of carbonyl (C=O) groups is 1. The Bertz CT molecular complexity index is 609. The number of hydrogen-bond donors (Lipinski definition) is 2. The molecule has 1 heterocycles. The summed E-state index contributed by atoms with van der Waals surface area (Å²) in [7, 11) is 1.47. The molecule has 0 unspecified atom stereocenters. The second-order valence-corrected chi connectivity index (χ2v) is 5.01. The monoisotopic (exact) mass is 290 g/mol. The van der Waals surface area contributed by atoms with Crippen LogP contribution in [0.2, 0.25) is 0 Å². The van der Waals surface area contributed by atoms with Crippen molar-refractivity contribution in [2.75, 3.05) is 7.11 Å². The smallest absolute Gasteiger partial charge is 0.245 e. The first kappa shape index (κ1) is 14.1. The topological polar surface area (TPSA) is 70.9 Å². The van der Waals surface area contributed by atoms with Gasteiger partial charge in [0.05, 0.1) is 19.7 Å². The number of nitrogens with one attached hydrogen (secondary N) is 1. The summed E-state index contributed by atoms with van der Waals surface area (Å²) in [4.78, 5) is 12.6. The first-order valence-corrected chi connectivity index (χ1v) is 6.78. The molecule has 0 radical (unpaired) electrons. The molecule has 0 spiro atoms. The standard InChI is InChI=1S/C14H14N2O3S/c1-19-13-7-10(4-5-12(13)17)9-15-16-14(18)8-11-3-2-6-20-11/h2-7,9,17H,8H2,1H3,(H,16,18). The van der Waals surface area contributed by atoms with Crippen molar-refractivity contribution in [1.82, 2.24) is 5.43 Å². The number of ether oxygens (including phenoxy) is 1. The van der Waals surface area contributed by atoms with Crippen molar-refractivity contribution in [3.63, 3.8) is 0 Å². The molecule has 6 heteroatoms. The lowest BCUT2D eigenvalue weighted by atomic mass is 10.2. The van der Waals surface area contributed by atoms with E-state index in [2.05, 4.69) is 10.5 Å². The van der Waals surface area contributed by atoms with Gasteiger partial charge in [-0.25, -0.2) is 5.43 Å². The molecule has 0 bridgehead atoms. The Morgan fingerprint density at radius 2 is 2.35 bits per heavy atom. The van der Waals surface area contributed by atoms with Gasteiger partial charge < -0.3 is 9.84 Å². The molecule has 0 saturated heterocycles. The van der Waals surface area contributed by atoms with Gasteiger partial charge in [-0.1, -0.05) is 6.07 Å². The van der Waals surface area contributed by atoms with E-state index < -0.39 is 0 Å². The van der Waals surface area contributed by atoms with Gasteiger partial charge in [-0.15, -0.1) is 11.3 Å². The zero-order chi connectivity index (χ0) is 14.4. The summed E-state index contributed by atoms with van der Waals surface area (Å²) >= 11 is 1.53. The number of hydrogen-bond acceptors (Lipinski definition) is 5. The summed E-state index contributed by atoms with van der Waals surface area (Å²) in [5.41, 5.74) is 3.17. The molecule has 2 N–H and O–H groups in total. The van der Waals surface area contributed by atoms with Crippen LogP contribution < -0.4 is 10.2 Å². The minimum Gasteiger partial charge on any atom is -0.504 e. The van der Waals surface area contributed by atoms with Gasteiger partial charge >= 0.3 is 0 Å². The molecular weight excluding hydrogens is 276 g/mol. The van der Waals surface area contributed by atoms with Crippen LogP contribution in [0.1, 0.15) is 10.4 Å². The highest BCUT2D eigenvalue weighted by molar-refractivity contribution is 7.10. The number of nitrogens with zero attached hydrogens (tertiary/aromatic N) is 1. The second-order valence-electron chi connectivity index (χ2n) is 3.98. The Morgan fingerprint density at radius 3 is 3.05 bits per heavy atom. The Balaban J connectivity index is 1.91. The lowest BCUT2D eigenvalue weighted by Gasteiger charge is -2.03. The largest absolute Gasteiger partial charge is 0.504 e. The normalized spacial score (nSPS) is 10.7. The minimum absolute atomic E-state index is 0.0615. The first-order valence-electron chi connectivity index (χ1n) is 5.90. The van der Waals surface area contributed by atoms with Gasteiger partial charge in [0, 0.05) is 4.88 Å². The highest BCUT2D eigenvalue weighted by Gasteiger charge is 2.03. The molecular formula is C14H14N2O3S. The SMILES string of the molecule is COc1cc(C=NNC(=O)Cc2cccs2)ccc1O. The van der Waals surface area contributed by atoms with Gasteiger partial charge in [0.15, 0.2) is 11.5 Å². The average Bonchev–Trinajstić information content (AvgIpc) is 2.93. The summed E-state index contributed by atoms with van der Waals surface area (Å²) in [5, 5.41) is 15.2. The van der Waals surface area contributed by atoms with E-state index in [9.17, 15) is 9.90 Å². The fraction of sp³-hybridized carbons (Fsp3) is 0.143. The highest BCUT2D eigenvalue weighted by Crippen LogP contribution is 2.25. The Hall–Kier alpha value is -2.34. The molecule has 0 saturated carbocycles. The zero-order valence-corrected chi connectivity index (χ0v) is 11.7. The molecule has 0 aliphatic rings. The Labute approximate surface area is 120 Å². The van der Waals surface area contributed by atoms with Crippen molar-refractivity contribution in [2.45, 2.75) is 6.42 Å². The van der Waals surface area contributed by atoms with Crippen LogP contribution in [0.4, 0.5) is 0 Å². The van der Waals surface area contributed by atoms with Crippen LogP contribution in [0.25, 0.3) is 0 Å². The molecule has 5 nitrogen and oxygen atoms in total. The molecule has 0 aliphatic carbocycles. The van der Waals surface area contributed by atoms with E-state index in [-0.39, 0.29) is 11.7 Å². The number of methoxy groups -OCH3 is 1. The van der Waals surface area contributed by atoms with Crippen LogP contribution in [-0.4, -0.2) is 24.3 Å². The van der Waals surface area contributed by atoms with E-state index in [0.717, 1.165) is 10.4 Å². The highest BCUT2D eigenvalue weighted by atomic mass is 32.1. The van der Waals surface area contributed by atoms with Gasteiger partial charge in [-0.3, -0.25) is 4.79 Å². The van der Waals surface area contributed by atoms with Crippen LogP contribution in [0.3, 0.4) is 0 Å². The number of benzene rings is 1. The summed E-state index contributed by atoms with van der Waals surface area (Å²) in [5.74, 6) is 0.250. The zero-order valence-electron chi connectivity index (χ0n) is 10.9. The Morgan fingerprint density at radius 1 is 1.50 bits per heavy atom.